The number of allylic oxidation sites excluding steroid dienone is 1. The van der Waals surface area contributed by atoms with Crippen LogP contribution < -0.4 is 0 Å². The van der Waals surface area contributed by atoms with Crippen LogP contribution in [0.4, 0.5) is 4.79 Å². The summed E-state index contributed by atoms with van der Waals surface area (Å²) in [6.07, 6.45) is 3.87. The molecule has 0 radical (unpaired) electrons. The molecule has 1 fully saturated rings. The summed E-state index contributed by atoms with van der Waals surface area (Å²) in [5.74, 6) is 0.0976. The Morgan fingerprint density at radius 2 is 1.96 bits per heavy atom. The molecule has 1 aromatic heterocycles. The van der Waals surface area contributed by atoms with Gasteiger partial charge < -0.3 is 9.64 Å². The summed E-state index contributed by atoms with van der Waals surface area (Å²) in [5, 5.41) is 1.09. The van der Waals surface area contributed by atoms with Crippen LogP contribution in [0.2, 0.25) is 0 Å². The number of para-hydroxylation sites is 1. The first-order valence-corrected chi connectivity index (χ1v) is 9.63. The van der Waals surface area contributed by atoms with E-state index < -0.39 is 5.60 Å². The van der Waals surface area contributed by atoms with Crippen molar-refractivity contribution in [2.24, 2.45) is 0 Å². The van der Waals surface area contributed by atoms with Crippen molar-refractivity contribution in [1.82, 2.24) is 9.47 Å². The summed E-state index contributed by atoms with van der Waals surface area (Å²) in [5.41, 5.74) is 3.26. The molecule has 1 aromatic carbocycles. The predicted molar refractivity (Wildman–Crippen MR) is 105 cm³/mol. The van der Waals surface area contributed by atoms with Crippen LogP contribution in [0.15, 0.2) is 35.9 Å². The van der Waals surface area contributed by atoms with Gasteiger partial charge in [-0.05, 0) is 58.6 Å². The Morgan fingerprint density at radius 1 is 1.22 bits per heavy atom. The van der Waals surface area contributed by atoms with Crippen molar-refractivity contribution in [2.45, 2.75) is 58.6 Å². The first kappa shape index (κ1) is 17.8. The Kier molecular flexibility index (Phi) is 4.13. The van der Waals surface area contributed by atoms with E-state index in [1.165, 1.54) is 5.56 Å². The Morgan fingerprint density at radius 3 is 2.67 bits per heavy atom. The molecule has 2 aromatic rings. The number of amides is 1. The molecular weight excluding hydrogens is 340 g/mol. The molecule has 142 valence electrons. The molecule has 1 saturated heterocycles. The zero-order valence-corrected chi connectivity index (χ0v) is 16.4. The van der Waals surface area contributed by atoms with Crippen LogP contribution >= 0.6 is 0 Å². The largest absolute Gasteiger partial charge is 0.443 e. The average molecular weight is 366 g/mol. The van der Waals surface area contributed by atoms with E-state index in [0.717, 1.165) is 41.4 Å². The number of carbonyl (C=O) groups excluding carboxylic acids is 2. The van der Waals surface area contributed by atoms with E-state index in [0.29, 0.717) is 6.54 Å². The van der Waals surface area contributed by atoms with E-state index in [4.69, 9.17) is 4.74 Å². The Balaban J connectivity index is 1.89. The van der Waals surface area contributed by atoms with Gasteiger partial charge in [0.25, 0.3) is 0 Å². The van der Waals surface area contributed by atoms with Gasteiger partial charge >= 0.3 is 6.09 Å². The van der Waals surface area contributed by atoms with Gasteiger partial charge in [-0.3, -0.25) is 4.79 Å². The maximum absolute atomic E-state index is 13.1. The van der Waals surface area contributed by atoms with Gasteiger partial charge in [-0.25, -0.2) is 9.36 Å². The van der Waals surface area contributed by atoms with E-state index in [2.05, 4.69) is 6.07 Å². The number of fused-ring (bicyclic) bond motifs is 5. The van der Waals surface area contributed by atoms with Crippen molar-refractivity contribution < 1.29 is 14.3 Å². The third-order valence-electron chi connectivity index (χ3n) is 5.46. The number of carbonyl (C=O) groups is 2. The maximum Gasteiger partial charge on any atom is 0.419 e. The van der Waals surface area contributed by atoms with E-state index >= 15 is 0 Å². The number of rotatable bonds is 0. The molecule has 1 amide bonds. The van der Waals surface area contributed by atoms with Crippen LogP contribution in [-0.2, 0) is 16.0 Å². The first-order chi connectivity index (χ1) is 12.8. The fourth-order valence-corrected chi connectivity index (χ4v) is 4.37. The number of hydrogen-bond acceptors (Lipinski definition) is 3. The van der Waals surface area contributed by atoms with Crippen LogP contribution in [0.3, 0.4) is 0 Å². The van der Waals surface area contributed by atoms with Crippen LogP contribution in [-0.4, -0.2) is 33.6 Å². The molecule has 4 rings (SSSR count). The van der Waals surface area contributed by atoms with Gasteiger partial charge in [0.15, 0.2) is 0 Å². The van der Waals surface area contributed by atoms with Crippen LogP contribution in [0, 0.1) is 0 Å². The van der Waals surface area contributed by atoms with E-state index in [1.54, 1.807) is 4.57 Å². The van der Waals surface area contributed by atoms with E-state index in [-0.39, 0.29) is 18.0 Å². The fraction of sp³-hybridized carbons (Fsp3) is 0.455. The summed E-state index contributed by atoms with van der Waals surface area (Å²) < 4.78 is 7.42. The van der Waals surface area contributed by atoms with Crippen LogP contribution in [0.5, 0.6) is 0 Å². The number of nitrogens with zero attached hydrogens (tertiary/aromatic N) is 2. The lowest BCUT2D eigenvalue weighted by atomic mass is 9.88. The summed E-state index contributed by atoms with van der Waals surface area (Å²) in [4.78, 5) is 27.9. The molecule has 0 unspecified atom stereocenters. The van der Waals surface area contributed by atoms with Gasteiger partial charge in [-0.15, -0.1) is 0 Å². The number of piperidine rings is 1. The maximum atomic E-state index is 13.1. The van der Waals surface area contributed by atoms with Crippen LogP contribution in [0.25, 0.3) is 10.9 Å². The Labute approximate surface area is 159 Å². The molecule has 2 aliphatic rings. The second-order valence-corrected chi connectivity index (χ2v) is 8.31. The molecule has 0 bridgehead atoms. The third-order valence-corrected chi connectivity index (χ3v) is 5.46. The van der Waals surface area contributed by atoms with Gasteiger partial charge in [0, 0.05) is 17.5 Å². The number of aromatic nitrogens is 1. The lowest BCUT2D eigenvalue weighted by molar-refractivity contribution is -0.132. The van der Waals surface area contributed by atoms with Crippen molar-refractivity contribution >= 4 is 22.9 Å². The molecule has 0 aliphatic carbocycles. The highest BCUT2D eigenvalue weighted by Crippen LogP contribution is 2.43. The molecule has 2 aliphatic heterocycles. The molecule has 1 atom stereocenters. The minimum Gasteiger partial charge on any atom is -0.443 e. The van der Waals surface area contributed by atoms with E-state index in [1.807, 2.05) is 56.9 Å². The monoisotopic (exact) mass is 366 g/mol. The van der Waals surface area contributed by atoms with Gasteiger partial charge in [-0.1, -0.05) is 24.3 Å². The van der Waals surface area contributed by atoms with Crippen molar-refractivity contribution in [2.75, 3.05) is 6.54 Å². The van der Waals surface area contributed by atoms with Gasteiger partial charge in [0.1, 0.15) is 5.60 Å². The van der Waals surface area contributed by atoms with E-state index in [9.17, 15) is 9.59 Å². The Hall–Kier alpha value is -2.56. The van der Waals surface area contributed by atoms with Crippen molar-refractivity contribution in [3.63, 3.8) is 0 Å². The topological polar surface area (TPSA) is 51.5 Å². The van der Waals surface area contributed by atoms with Crippen molar-refractivity contribution in [3.05, 3.63) is 47.2 Å². The summed E-state index contributed by atoms with van der Waals surface area (Å²) >= 11 is 0. The Bertz CT molecular complexity index is 962. The molecule has 27 heavy (non-hydrogen) atoms. The lowest BCUT2D eigenvalue weighted by Gasteiger charge is -2.40. The lowest BCUT2D eigenvalue weighted by Crippen LogP contribution is -2.45. The number of benzene rings is 1. The highest BCUT2D eigenvalue weighted by Gasteiger charge is 2.40. The molecule has 5 nitrogen and oxygen atoms in total. The molecule has 0 N–H and O–H groups in total. The van der Waals surface area contributed by atoms with Crippen molar-refractivity contribution in [1.29, 1.82) is 0 Å². The quantitative estimate of drug-likeness (QED) is 0.641. The van der Waals surface area contributed by atoms with Crippen molar-refractivity contribution in [3.8, 4) is 0 Å². The molecule has 0 spiro atoms. The highest BCUT2D eigenvalue weighted by molar-refractivity contribution is 5.97. The second kappa shape index (κ2) is 6.25. The third kappa shape index (κ3) is 2.85. The summed E-state index contributed by atoms with van der Waals surface area (Å²) in [6, 6.07) is 7.88. The summed E-state index contributed by atoms with van der Waals surface area (Å²) in [6.45, 7) is 8.23. The minimum absolute atomic E-state index is 0.0788. The molecule has 5 heteroatoms. The zero-order chi connectivity index (χ0) is 19.3. The van der Waals surface area contributed by atoms with Gasteiger partial charge in [0.2, 0.25) is 5.91 Å². The zero-order valence-electron chi connectivity index (χ0n) is 16.4. The fourth-order valence-electron chi connectivity index (χ4n) is 4.37. The minimum atomic E-state index is -0.579. The standard InChI is InChI=1S/C22H26N2O3/c1-5-14-10-11-18-19-16(12-13-23(18)20(14)25)15-8-6-7-9-17(15)24(19)21(26)27-22(2,3)4/h5-9,18H,10-13H2,1-4H3/b14-5+/t18-/m1/s1. The molecule has 0 saturated carbocycles. The first-order valence-electron chi connectivity index (χ1n) is 9.63. The SMILES string of the molecule is C/C=C1\CC[C@@H]2c3c(c4ccccc4n3C(=O)OC(C)(C)C)CCN2C1=O. The second-order valence-electron chi connectivity index (χ2n) is 8.31. The molecule has 3 heterocycles. The smallest absolute Gasteiger partial charge is 0.419 e. The number of ether oxygens (including phenoxy) is 1. The normalized spacial score (nSPS) is 21.3. The molecular formula is C22H26N2O3. The highest BCUT2D eigenvalue weighted by atomic mass is 16.6. The summed E-state index contributed by atoms with van der Waals surface area (Å²) in [7, 11) is 0. The predicted octanol–water partition coefficient (Wildman–Crippen LogP) is 4.59. The number of hydrogen-bond donors (Lipinski definition) is 0. The van der Waals surface area contributed by atoms with Gasteiger partial charge in [0.05, 0.1) is 17.3 Å². The van der Waals surface area contributed by atoms with Gasteiger partial charge in [-0.2, -0.15) is 0 Å². The average Bonchev–Trinajstić information content (AvgIpc) is 2.95. The van der Waals surface area contributed by atoms with Crippen LogP contribution in [0.1, 0.15) is 57.8 Å².